The molecule has 0 aliphatic heterocycles. The average molecular weight is 349 g/mol. The van der Waals surface area contributed by atoms with Gasteiger partial charge in [0.1, 0.15) is 5.75 Å². The van der Waals surface area contributed by atoms with Gasteiger partial charge in [0.05, 0.1) is 19.3 Å². The van der Waals surface area contributed by atoms with Gasteiger partial charge in [-0.2, -0.15) is 0 Å². The Kier molecular flexibility index (Phi) is 5.68. The van der Waals surface area contributed by atoms with Gasteiger partial charge in [0.15, 0.2) is 15.6 Å². The molecule has 0 spiro atoms. The van der Waals surface area contributed by atoms with Crippen molar-refractivity contribution in [3.8, 4) is 0 Å². The first-order valence-electron chi connectivity index (χ1n) is 5.40. The second-order valence-electron chi connectivity index (χ2n) is 3.85. The quantitative estimate of drug-likeness (QED) is 0.576. The van der Waals surface area contributed by atoms with Gasteiger partial charge in [0.2, 0.25) is 0 Å². The van der Waals surface area contributed by atoms with Crippen LogP contribution in [0, 0.1) is 0 Å². The Morgan fingerprint density at radius 1 is 1.21 bits per heavy atom. The molecule has 1 rings (SSSR count). The van der Waals surface area contributed by atoms with E-state index in [0.29, 0.717) is 5.56 Å². The second kappa shape index (κ2) is 6.81. The Labute approximate surface area is 120 Å². The molecule has 0 aromatic heterocycles. The van der Waals surface area contributed by atoms with Crippen LogP contribution in [0.4, 0.5) is 0 Å². The lowest BCUT2D eigenvalue weighted by Gasteiger charge is -2.03. The molecule has 5 nitrogen and oxygen atoms in total. The Morgan fingerprint density at radius 3 is 2.32 bits per heavy atom. The van der Waals surface area contributed by atoms with Crippen LogP contribution in [0.15, 0.2) is 28.7 Å². The van der Waals surface area contributed by atoms with Gasteiger partial charge in [0, 0.05) is 10.0 Å². The van der Waals surface area contributed by atoms with Crippen LogP contribution in [0.25, 0.3) is 0 Å². The van der Waals surface area contributed by atoms with E-state index in [-0.39, 0.29) is 12.2 Å². The lowest BCUT2D eigenvalue weighted by Crippen LogP contribution is -2.21. The van der Waals surface area contributed by atoms with Crippen molar-refractivity contribution >= 4 is 37.5 Å². The van der Waals surface area contributed by atoms with Crippen molar-refractivity contribution in [3.05, 3.63) is 34.3 Å². The standard InChI is InChI=1S/C12H13BrO5S/c1-18-12(15)6-7-19(16,17)8-11(14)9-2-4-10(13)5-3-9/h2-5H,6-8H2,1H3. The zero-order chi connectivity index (χ0) is 14.5. The number of Topliss-reactive ketones (excluding diaryl/α,β-unsaturated/α-hetero) is 1. The van der Waals surface area contributed by atoms with Gasteiger partial charge < -0.3 is 4.74 Å². The van der Waals surface area contributed by atoms with Crippen LogP contribution in [0.3, 0.4) is 0 Å². The van der Waals surface area contributed by atoms with Crippen LogP contribution in [-0.2, 0) is 19.4 Å². The number of benzene rings is 1. The fourth-order valence-electron chi connectivity index (χ4n) is 1.33. The maximum absolute atomic E-state index is 11.8. The third kappa shape index (κ3) is 5.52. The molecule has 0 saturated heterocycles. The van der Waals surface area contributed by atoms with Crippen LogP contribution >= 0.6 is 15.9 Å². The minimum Gasteiger partial charge on any atom is -0.469 e. The monoisotopic (exact) mass is 348 g/mol. The lowest BCUT2D eigenvalue weighted by molar-refractivity contribution is -0.140. The molecular weight excluding hydrogens is 336 g/mol. The van der Waals surface area contributed by atoms with Gasteiger partial charge in [-0.15, -0.1) is 0 Å². The van der Waals surface area contributed by atoms with Crippen molar-refractivity contribution in [2.75, 3.05) is 18.6 Å². The number of esters is 1. The number of carbonyl (C=O) groups is 2. The number of ketones is 1. The summed E-state index contributed by atoms with van der Waals surface area (Å²) in [5.41, 5.74) is 0.324. The van der Waals surface area contributed by atoms with Crippen molar-refractivity contribution < 1.29 is 22.7 Å². The van der Waals surface area contributed by atoms with Crippen LogP contribution in [0.1, 0.15) is 16.8 Å². The minimum absolute atomic E-state index is 0.244. The van der Waals surface area contributed by atoms with Gasteiger partial charge in [-0.1, -0.05) is 28.1 Å². The number of carbonyl (C=O) groups excluding carboxylic acids is 2. The van der Waals surface area contributed by atoms with Crippen molar-refractivity contribution in [1.29, 1.82) is 0 Å². The van der Waals surface area contributed by atoms with Crippen molar-refractivity contribution in [2.45, 2.75) is 6.42 Å². The highest BCUT2D eigenvalue weighted by atomic mass is 79.9. The summed E-state index contributed by atoms with van der Waals surface area (Å²) in [6.07, 6.45) is -0.244. The molecule has 0 radical (unpaired) electrons. The molecule has 0 saturated carbocycles. The highest BCUT2D eigenvalue weighted by Crippen LogP contribution is 2.12. The maximum Gasteiger partial charge on any atom is 0.306 e. The molecule has 7 heteroatoms. The zero-order valence-corrected chi connectivity index (χ0v) is 12.7. The van der Waals surface area contributed by atoms with Crippen LogP contribution in [0.5, 0.6) is 0 Å². The number of rotatable bonds is 6. The number of hydrogen-bond donors (Lipinski definition) is 0. The van der Waals surface area contributed by atoms with E-state index in [4.69, 9.17) is 0 Å². The third-order valence-corrected chi connectivity index (χ3v) is 4.42. The van der Waals surface area contributed by atoms with Gasteiger partial charge in [-0.3, -0.25) is 9.59 Å². The van der Waals surface area contributed by atoms with Gasteiger partial charge in [0.25, 0.3) is 0 Å². The molecule has 0 fully saturated rings. The largest absolute Gasteiger partial charge is 0.469 e. The Bertz CT molecular complexity index is 562. The molecule has 1 aromatic carbocycles. The van der Waals surface area contributed by atoms with Gasteiger partial charge in [-0.05, 0) is 12.1 Å². The summed E-state index contributed by atoms with van der Waals surface area (Å²) in [4.78, 5) is 22.7. The topological polar surface area (TPSA) is 77.5 Å². The predicted molar refractivity (Wildman–Crippen MR) is 73.8 cm³/mol. The smallest absolute Gasteiger partial charge is 0.306 e. The first-order valence-corrected chi connectivity index (χ1v) is 8.01. The number of halogens is 1. The van der Waals surface area contributed by atoms with E-state index < -0.39 is 27.3 Å². The van der Waals surface area contributed by atoms with Gasteiger partial charge in [-0.25, -0.2) is 8.42 Å². The van der Waals surface area contributed by atoms with Gasteiger partial charge >= 0.3 is 5.97 Å². The molecule has 0 amide bonds. The first-order chi connectivity index (χ1) is 8.84. The molecule has 0 aliphatic rings. The second-order valence-corrected chi connectivity index (χ2v) is 6.95. The maximum atomic E-state index is 11.8. The lowest BCUT2D eigenvalue weighted by atomic mass is 10.2. The Hall–Kier alpha value is -1.21. The molecule has 19 heavy (non-hydrogen) atoms. The molecule has 0 aliphatic carbocycles. The normalized spacial score (nSPS) is 11.1. The minimum atomic E-state index is -3.61. The van der Waals surface area contributed by atoms with Crippen LogP contribution < -0.4 is 0 Å². The number of sulfone groups is 1. The van der Waals surface area contributed by atoms with E-state index in [1.807, 2.05) is 0 Å². The average Bonchev–Trinajstić information content (AvgIpc) is 2.36. The molecule has 0 heterocycles. The molecular formula is C12H13BrO5S. The third-order valence-electron chi connectivity index (χ3n) is 2.36. The molecule has 1 aromatic rings. The highest BCUT2D eigenvalue weighted by Gasteiger charge is 2.19. The SMILES string of the molecule is COC(=O)CCS(=O)(=O)CC(=O)c1ccc(Br)cc1. The van der Waals surface area contributed by atoms with E-state index >= 15 is 0 Å². The van der Waals surface area contributed by atoms with E-state index in [1.165, 1.54) is 7.11 Å². The van der Waals surface area contributed by atoms with E-state index in [0.717, 1.165) is 4.47 Å². The first kappa shape index (κ1) is 15.8. The summed E-state index contributed by atoms with van der Waals surface area (Å²) in [6.45, 7) is 0. The van der Waals surface area contributed by atoms with Crippen LogP contribution in [-0.4, -0.2) is 38.8 Å². The van der Waals surface area contributed by atoms with E-state index in [9.17, 15) is 18.0 Å². The summed E-state index contributed by atoms with van der Waals surface area (Å²) < 4.78 is 28.5. The van der Waals surface area contributed by atoms with Crippen molar-refractivity contribution in [1.82, 2.24) is 0 Å². The molecule has 0 unspecified atom stereocenters. The van der Waals surface area contributed by atoms with E-state index in [1.54, 1.807) is 24.3 Å². The molecule has 0 bridgehead atoms. The molecule has 0 N–H and O–H groups in total. The van der Waals surface area contributed by atoms with Crippen molar-refractivity contribution in [2.24, 2.45) is 0 Å². The Balaban J connectivity index is 2.65. The predicted octanol–water partition coefficient (Wildman–Crippen LogP) is 1.61. The summed E-state index contributed by atoms with van der Waals surface area (Å²) >= 11 is 3.22. The Morgan fingerprint density at radius 2 is 1.79 bits per heavy atom. The summed E-state index contributed by atoms with van der Waals surface area (Å²) in [7, 11) is -2.42. The number of methoxy groups -OCH3 is 1. The summed E-state index contributed by atoms with van der Waals surface area (Å²) in [5, 5.41) is 0. The van der Waals surface area contributed by atoms with E-state index in [2.05, 4.69) is 20.7 Å². The molecule has 0 atom stereocenters. The molecule has 104 valence electrons. The van der Waals surface area contributed by atoms with Crippen LogP contribution in [0.2, 0.25) is 0 Å². The highest BCUT2D eigenvalue weighted by molar-refractivity contribution is 9.10. The summed E-state index contributed by atoms with van der Waals surface area (Å²) in [5.74, 6) is -2.09. The number of hydrogen-bond acceptors (Lipinski definition) is 5. The fraction of sp³-hybridized carbons (Fsp3) is 0.333. The summed E-state index contributed by atoms with van der Waals surface area (Å²) in [6, 6.07) is 6.41. The number of ether oxygens (including phenoxy) is 1. The fourth-order valence-corrected chi connectivity index (χ4v) is 2.78. The van der Waals surface area contributed by atoms with Crippen molar-refractivity contribution in [3.63, 3.8) is 0 Å². The zero-order valence-electron chi connectivity index (χ0n) is 10.3.